The predicted molar refractivity (Wildman–Crippen MR) is 109 cm³/mol. The normalized spacial score (nSPS) is 30.3. The Morgan fingerprint density at radius 3 is 2.48 bits per heavy atom. The van der Waals surface area contributed by atoms with Gasteiger partial charge in [-0.2, -0.15) is 8.78 Å². The fourth-order valence-electron chi connectivity index (χ4n) is 5.03. The molecule has 4 aliphatic rings. The maximum absolute atomic E-state index is 15.1. The summed E-state index contributed by atoms with van der Waals surface area (Å²) in [5.74, 6) is -5.22. The second-order valence-corrected chi connectivity index (χ2v) is 10.7. The van der Waals surface area contributed by atoms with E-state index in [1.807, 2.05) is 0 Å². The van der Waals surface area contributed by atoms with Gasteiger partial charge in [-0.1, -0.05) is 0 Å². The van der Waals surface area contributed by atoms with Crippen LogP contribution in [0, 0.1) is 11.6 Å². The van der Waals surface area contributed by atoms with Crippen molar-refractivity contribution >= 4 is 15.9 Å². The smallest absolute Gasteiger partial charge is 0.422 e. The number of sulfonamides is 1. The van der Waals surface area contributed by atoms with Crippen molar-refractivity contribution in [3.63, 3.8) is 0 Å². The number of amides is 1. The average molecular weight is 495 g/mol. The number of hydrogen-bond acceptors (Lipinski definition) is 5. The number of hydrogen-bond donors (Lipinski definition) is 1. The van der Waals surface area contributed by atoms with Crippen LogP contribution in [0.3, 0.4) is 0 Å². The Morgan fingerprint density at radius 1 is 1.12 bits per heavy atom. The van der Waals surface area contributed by atoms with Crippen molar-refractivity contribution in [1.82, 2.24) is 9.62 Å². The lowest BCUT2D eigenvalue weighted by Crippen LogP contribution is -2.62. The number of ether oxygens (including phenoxy) is 2. The lowest BCUT2D eigenvalue weighted by atomic mass is 9.82. The number of carbonyl (C=O) groups excluding carboxylic acids is 1. The van der Waals surface area contributed by atoms with Gasteiger partial charge >= 0.3 is 12.0 Å². The van der Waals surface area contributed by atoms with Gasteiger partial charge in [0.15, 0.2) is 11.6 Å². The van der Waals surface area contributed by atoms with E-state index in [0.717, 1.165) is 17.2 Å². The van der Waals surface area contributed by atoms with Gasteiger partial charge in [0, 0.05) is 24.2 Å². The van der Waals surface area contributed by atoms with Gasteiger partial charge in [0.25, 0.3) is 0 Å². The van der Waals surface area contributed by atoms with Crippen molar-refractivity contribution in [2.24, 2.45) is 0 Å². The number of rotatable bonds is 2. The minimum Gasteiger partial charge on any atom is -0.422 e. The van der Waals surface area contributed by atoms with E-state index in [1.54, 1.807) is 0 Å². The predicted octanol–water partition coefficient (Wildman–Crippen LogP) is 2.90. The maximum atomic E-state index is 15.1. The molecule has 1 aliphatic carbocycles. The van der Waals surface area contributed by atoms with Gasteiger partial charge in [-0.3, -0.25) is 4.79 Å². The van der Waals surface area contributed by atoms with E-state index in [4.69, 9.17) is 4.74 Å². The molecule has 184 valence electrons. The van der Waals surface area contributed by atoms with Gasteiger partial charge in [0.1, 0.15) is 5.82 Å². The summed E-state index contributed by atoms with van der Waals surface area (Å²) in [6.45, 7) is -0.208. The average Bonchev–Trinajstić information content (AvgIpc) is 2.73. The van der Waals surface area contributed by atoms with Crippen LogP contribution in [0.5, 0.6) is 5.75 Å². The van der Waals surface area contributed by atoms with Crippen LogP contribution in [0.2, 0.25) is 0 Å². The van der Waals surface area contributed by atoms with E-state index < -0.39 is 57.4 Å². The summed E-state index contributed by atoms with van der Waals surface area (Å²) in [4.78, 5) is 13.7. The molecule has 0 unspecified atom stereocenters. The van der Waals surface area contributed by atoms with Crippen LogP contribution in [0.15, 0.2) is 12.1 Å². The van der Waals surface area contributed by atoms with Crippen molar-refractivity contribution in [2.75, 3.05) is 19.4 Å². The van der Waals surface area contributed by atoms with Gasteiger partial charge in [0.05, 0.1) is 25.0 Å². The summed E-state index contributed by atoms with van der Waals surface area (Å²) in [6, 6.07) is -0.401. The Morgan fingerprint density at radius 2 is 1.82 bits per heavy atom. The van der Waals surface area contributed by atoms with E-state index in [2.05, 4.69) is 9.46 Å². The Labute approximate surface area is 189 Å². The molecule has 0 spiro atoms. The topological polar surface area (TPSA) is 84.9 Å². The summed E-state index contributed by atoms with van der Waals surface area (Å²) < 4.78 is 95.4. The first kappa shape index (κ1) is 24.2. The second-order valence-electron chi connectivity index (χ2n) is 8.94. The van der Waals surface area contributed by atoms with Gasteiger partial charge in [0.2, 0.25) is 10.0 Å². The van der Waals surface area contributed by atoms with Crippen LogP contribution in [0.25, 0.3) is 0 Å². The molecule has 1 amide bonds. The molecule has 2 atom stereocenters. The molecule has 5 rings (SSSR count). The molecular weight excluding hydrogens is 468 g/mol. The number of nitrogens with zero attached hydrogens (tertiary/aromatic N) is 1. The summed E-state index contributed by atoms with van der Waals surface area (Å²) in [5.41, 5.74) is -0.0375. The molecule has 33 heavy (non-hydrogen) atoms. The lowest BCUT2D eigenvalue weighted by Gasteiger charge is -2.42. The standard InChI is InChI=1S/C21H26F4N2O5S/c1-33(29,30)26-17-3-2-8-27-18(17)11-31-14-6-4-12(5-7-14)15-9-13(22)10-16(23)19(15)32-21(24,25)20(27)28/h9-10,12,14,17-18,26H,2-8,11H2,1H3/t12-,14+,17-,18-/m0/s1. The Bertz CT molecular complexity index is 1010. The van der Waals surface area contributed by atoms with Crippen LogP contribution in [0.1, 0.15) is 50.0 Å². The van der Waals surface area contributed by atoms with Crippen LogP contribution in [-0.4, -0.2) is 62.9 Å². The van der Waals surface area contributed by atoms with Crippen molar-refractivity contribution in [3.05, 3.63) is 29.3 Å². The Balaban J connectivity index is 1.75. The third kappa shape index (κ3) is 5.27. The summed E-state index contributed by atoms with van der Waals surface area (Å²) in [7, 11) is -3.69. The zero-order valence-electron chi connectivity index (χ0n) is 18.0. The Kier molecular flexibility index (Phi) is 6.62. The molecule has 1 aromatic rings. The molecule has 1 N–H and O–H groups in total. The van der Waals surface area contributed by atoms with Crippen molar-refractivity contribution in [3.8, 4) is 5.75 Å². The van der Waals surface area contributed by atoms with Crippen LogP contribution >= 0.6 is 0 Å². The van der Waals surface area contributed by atoms with Gasteiger partial charge in [-0.25, -0.2) is 21.9 Å². The van der Waals surface area contributed by atoms with Crippen molar-refractivity contribution in [1.29, 1.82) is 0 Å². The molecule has 0 radical (unpaired) electrons. The highest BCUT2D eigenvalue weighted by molar-refractivity contribution is 7.88. The molecule has 2 fully saturated rings. The first-order valence-electron chi connectivity index (χ1n) is 10.9. The summed E-state index contributed by atoms with van der Waals surface area (Å²) in [6.07, 6.45) is -1.24. The molecule has 0 aromatic heterocycles. The number of piperidine rings is 1. The van der Waals surface area contributed by atoms with Crippen LogP contribution < -0.4 is 9.46 Å². The lowest BCUT2D eigenvalue weighted by molar-refractivity contribution is -0.209. The fourth-order valence-corrected chi connectivity index (χ4v) is 5.86. The second kappa shape index (κ2) is 9.03. The number of benzene rings is 1. The summed E-state index contributed by atoms with van der Waals surface area (Å²) in [5, 5.41) is 0. The molecular formula is C21H26F4N2O5S. The van der Waals surface area contributed by atoms with Crippen LogP contribution in [-0.2, 0) is 19.6 Å². The maximum Gasteiger partial charge on any atom is 0.482 e. The molecule has 1 saturated carbocycles. The monoisotopic (exact) mass is 494 g/mol. The van der Waals surface area contributed by atoms with Gasteiger partial charge in [-0.05, 0) is 50.5 Å². The first-order chi connectivity index (χ1) is 15.4. The SMILES string of the molecule is CS(=O)(=O)N[C@H]1CCCN2C(=O)C(F)(F)Oc3c(F)cc(F)cc3[C@H]3CC[C@H](CC3)OC[C@@H]12. The molecule has 7 nitrogen and oxygen atoms in total. The molecule has 3 aliphatic heterocycles. The van der Waals surface area contributed by atoms with E-state index in [9.17, 15) is 22.0 Å². The zero-order chi connectivity index (χ0) is 24.0. The van der Waals surface area contributed by atoms with Gasteiger partial charge < -0.3 is 14.4 Å². The van der Waals surface area contributed by atoms with E-state index in [1.165, 1.54) is 0 Å². The van der Waals surface area contributed by atoms with Crippen molar-refractivity contribution in [2.45, 2.75) is 68.7 Å². The molecule has 1 saturated heterocycles. The third-order valence-electron chi connectivity index (χ3n) is 6.54. The van der Waals surface area contributed by atoms with E-state index >= 15 is 8.78 Å². The quantitative estimate of drug-likeness (QED) is 0.640. The van der Waals surface area contributed by atoms with E-state index in [-0.39, 0.29) is 31.2 Å². The fraction of sp³-hybridized carbons (Fsp3) is 0.667. The molecule has 2 bridgehead atoms. The summed E-state index contributed by atoms with van der Waals surface area (Å²) >= 11 is 0. The molecule has 1 aromatic carbocycles. The number of fused-ring (bicyclic) bond motifs is 5. The number of alkyl halides is 2. The highest BCUT2D eigenvalue weighted by Gasteiger charge is 2.51. The Hall–Kier alpha value is -1.92. The molecule has 12 heteroatoms. The highest BCUT2D eigenvalue weighted by Crippen LogP contribution is 2.42. The zero-order valence-corrected chi connectivity index (χ0v) is 18.8. The minimum atomic E-state index is -4.45. The first-order valence-corrected chi connectivity index (χ1v) is 12.8. The number of nitrogens with one attached hydrogen (secondary N) is 1. The minimum absolute atomic E-state index is 0.0375. The third-order valence-corrected chi connectivity index (χ3v) is 7.27. The number of halogens is 4. The molecule has 3 heterocycles. The van der Waals surface area contributed by atoms with E-state index in [0.29, 0.717) is 38.2 Å². The number of carbonyl (C=O) groups is 1. The van der Waals surface area contributed by atoms with Crippen LogP contribution in [0.4, 0.5) is 17.6 Å². The highest BCUT2D eigenvalue weighted by atomic mass is 32.2. The van der Waals surface area contributed by atoms with Gasteiger partial charge in [-0.15, -0.1) is 0 Å². The van der Waals surface area contributed by atoms with Crippen molar-refractivity contribution < 1.29 is 40.2 Å². The largest absolute Gasteiger partial charge is 0.482 e.